The summed E-state index contributed by atoms with van der Waals surface area (Å²) in [4.78, 5) is 11.3. The van der Waals surface area contributed by atoms with Gasteiger partial charge in [-0.3, -0.25) is 4.79 Å². The van der Waals surface area contributed by atoms with Gasteiger partial charge in [0.25, 0.3) is 0 Å². The fourth-order valence-corrected chi connectivity index (χ4v) is 1.74. The van der Waals surface area contributed by atoms with Crippen molar-refractivity contribution in [2.75, 3.05) is 6.54 Å². The lowest BCUT2D eigenvalue weighted by molar-refractivity contribution is -0.121. The minimum absolute atomic E-state index is 0.229. The fraction of sp³-hybridized carbons (Fsp3) is 0.929. The van der Waals surface area contributed by atoms with Gasteiger partial charge in [0, 0.05) is 13.0 Å². The van der Waals surface area contributed by atoms with Crippen LogP contribution in [0.5, 0.6) is 0 Å². The number of hydrogen-bond donors (Lipinski definition) is 1. The molecular formula is C14H29NO. The highest BCUT2D eigenvalue weighted by Crippen LogP contribution is 2.06. The highest BCUT2D eigenvalue weighted by atomic mass is 16.1. The Labute approximate surface area is 101 Å². The average Bonchev–Trinajstić information content (AvgIpc) is 2.30. The van der Waals surface area contributed by atoms with Crippen molar-refractivity contribution in [1.82, 2.24) is 5.32 Å². The molecule has 1 amide bonds. The number of carbonyl (C=O) groups is 1. The molecule has 0 heterocycles. The van der Waals surface area contributed by atoms with Crippen molar-refractivity contribution in [3.05, 3.63) is 0 Å². The van der Waals surface area contributed by atoms with Crippen LogP contribution in [-0.2, 0) is 4.79 Å². The third kappa shape index (κ3) is 11.5. The first-order valence-corrected chi connectivity index (χ1v) is 7.08. The summed E-state index contributed by atoms with van der Waals surface area (Å²) in [5.41, 5.74) is 0. The van der Waals surface area contributed by atoms with E-state index in [9.17, 15) is 4.79 Å². The molecule has 0 saturated carbocycles. The monoisotopic (exact) mass is 227 g/mol. The maximum absolute atomic E-state index is 11.3. The minimum atomic E-state index is 0.229. The lowest BCUT2D eigenvalue weighted by Crippen LogP contribution is -2.23. The van der Waals surface area contributed by atoms with Crippen molar-refractivity contribution in [2.45, 2.75) is 78.1 Å². The van der Waals surface area contributed by atoms with Crippen molar-refractivity contribution < 1.29 is 4.79 Å². The molecule has 0 aliphatic heterocycles. The largest absolute Gasteiger partial charge is 0.356 e. The van der Waals surface area contributed by atoms with Crippen LogP contribution in [0.15, 0.2) is 0 Å². The molecule has 0 saturated heterocycles. The standard InChI is InChI=1S/C14H29NO/c1-3-5-7-8-9-10-11-13-15-14(16)12-6-4-2/h3-13H2,1-2H3,(H,15,16). The SMILES string of the molecule is CCCCCCCCCNC(=O)CCCC. The molecule has 0 unspecified atom stereocenters. The van der Waals surface area contributed by atoms with Gasteiger partial charge in [0.2, 0.25) is 5.91 Å². The molecule has 2 nitrogen and oxygen atoms in total. The Morgan fingerprint density at radius 3 is 2.00 bits per heavy atom. The lowest BCUT2D eigenvalue weighted by atomic mass is 10.1. The van der Waals surface area contributed by atoms with E-state index >= 15 is 0 Å². The molecule has 96 valence electrons. The van der Waals surface area contributed by atoms with E-state index in [-0.39, 0.29) is 5.91 Å². The molecule has 0 aliphatic carbocycles. The Hall–Kier alpha value is -0.530. The number of nitrogens with one attached hydrogen (secondary N) is 1. The van der Waals surface area contributed by atoms with Crippen LogP contribution in [-0.4, -0.2) is 12.5 Å². The fourth-order valence-electron chi connectivity index (χ4n) is 1.74. The topological polar surface area (TPSA) is 29.1 Å². The molecule has 0 aromatic carbocycles. The van der Waals surface area contributed by atoms with Crippen LogP contribution in [0.2, 0.25) is 0 Å². The molecule has 0 aliphatic rings. The predicted molar refractivity (Wildman–Crippen MR) is 70.5 cm³/mol. The van der Waals surface area contributed by atoms with Crippen molar-refractivity contribution in [2.24, 2.45) is 0 Å². The van der Waals surface area contributed by atoms with Crippen LogP contribution in [0.4, 0.5) is 0 Å². The predicted octanol–water partition coefficient (Wildman–Crippen LogP) is 4.04. The van der Waals surface area contributed by atoms with Crippen molar-refractivity contribution in [3.8, 4) is 0 Å². The average molecular weight is 227 g/mol. The molecule has 0 bridgehead atoms. The third-order valence-electron chi connectivity index (χ3n) is 2.86. The first-order chi connectivity index (χ1) is 7.81. The van der Waals surface area contributed by atoms with Crippen LogP contribution in [0.3, 0.4) is 0 Å². The second-order valence-corrected chi connectivity index (χ2v) is 4.57. The summed E-state index contributed by atoms with van der Waals surface area (Å²) in [6, 6.07) is 0. The van der Waals surface area contributed by atoms with E-state index in [1.54, 1.807) is 0 Å². The summed E-state index contributed by atoms with van der Waals surface area (Å²) in [6.07, 6.45) is 12.0. The Bertz CT molecular complexity index is 157. The van der Waals surface area contributed by atoms with Gasteiger partial charge in [0.1, 0.15) is 0 Å². The molecule has 2 heteroatoms. The minimum Gasteiger partial charge on any atom is -0.356 e. The summed E-state index contributed by atoms with van der Waals surface area (Å²) in [5, 5.41) is 2.98. The summed E-state index contributed by atoms with van der Waals surface area (Å²) >= 11 is 0. The van der Waals surface area contributed by atoms with Gasteiger partial charge in [0.15, 0.2) is 0 Å². The maximum atomic E-state index is 11.3. The van der Waals surface area contributed by atoms with E-state index in [4.69, 9.17) is 0 Å². The van der Waals surface area contributed by atoms with E-state index in [0.29, 0.717) is 6.42 Å². The summed E-state index contributed by atoms with van der Waals surface area (Å²) in [6.45, 7) is 5.23. The molecule has 0 spiro atoms. The number of unbranched alkanes of at least 4 members (excludes halogenated alkanes) is 7. The maximum Gasteiger partial charge on any atom is 0.219 e. The van der Waals surface area contributed by atoms with Gasteiger partial charge >= 0.3 is 0 Å². The molecule has 0 aromatic rings. The first-order valence-electron chi connectivity index (χ1n) is 7.08. The van der Waals surface area contributed by atoms with Crippen molar-refractivity contribution in [3.63, 3.8) is 0 Å². The molecule has 0 aromatic heterocycles. The van der Waals surface area contributed by atoms with Crippen LogP contribution >= 0.6 is 0 Å². The smallest absolute Gasteiger partial charge is 0.219 e. The van der Waals surface area contributed by atoms with Gasteiger partial charge in [-0.15, -0.1) is 0 Å². The number of hydrogen-bond acceptors (Lipinski definition) is 1. The summed E-state index contributed by atoms with van der Waals surface area (Å²) in [7, 11) is 0. The second-order valence-electron chi connectivity index (χ2n) is 4.57. The molecule has 1 N–H and O–H groups in total. The molecular weight excluding hydrogens is 198 g/mol. The molecule has 0 rings (SSSR count). The molecule has 16 heavy (non-hydrogen) atoms. The van der Waals surface area contributed by atoms with E-state index in [1.807, 2.05) is 0 Å². The Kier molecular flexibility index (Phi) is 12.1. The Morgan fingerprint density at radius 1 is 0.812 bits per heavy atom. The first kappa shape index (κ1) is 15.5. The van der Waals surface area contributed by atoms with Gasteiger partial charge < -0.3 is 5.32 Å². The number of rotatable bonds is 11. The van der Waals surface area contributed by atoms with Gasteiger partial charge in [-0.25, -0.2) is 0 Å². The van der Waals surface area contributed by atoms with Crippen LogP contribution in [0.1, 0.15) is 78.1 Å². The zero-order valence-electron chi connectivity index (χ0n) is 11.2. The molecule has 0 atom stereocenters. The van der Waals surface area contributed by atoms with E-state index < -0.39 is 0 Å². The normalized spacial score (nSPS) is 10.4. The number of carbonyl (C=O) groups excluding carboxylic acids is 1. The summed E-state index contributed by atoms with van der Waals surface area (Å²) in [5.74, 6) is 0.229. The zero-order chi connectivity index (χ0) is 12.1. The summed E-state index contributed by atoms with van der Waals surface area (Å²) < 4.78 is 0. The number of amides is 1. The lowest BCUT2D eigenvalue weighted by Gasteiger charge is -2.04. The quantitative estimate of drug-likeness (QED) is 0.530. The highest BCUT2D eigenvalue weighted by Gasteiger charge is 1.98. The van der Waals surface area contributed by atoms with E-state index in [1.165, 1.54) is 38.5 Å². The van der Waals surface area contributed by atoms with Gasteiger partial charge in [-0.1, -0.05) is 58.8 Å². The zero-order valence-corrected chi connectivity index (χ0v) is 11.2. The molecule has 0 fully saturated rings. The van der Waals surface area contributed by atoms with Crippen LogP contribution < -0.4 is 5.32 Å². The van der Waals surface area contributed by atoms with Gasteiger partial charge in [0.05, 0.1) is 0 Å². The molecule has 0 radical (unpaired) electrons. The van der Waals surface area contributed by atoms with E-state index in [0.717, 1.165) is 25.8 Å². The van der Waals surface area contributed by atoms with Crippen LogP contribution in [0, 0.1) is 0 Å². The Morgan fingerprint density at radius 2 is 1.38 bits per heavy atom. The van der Waals surface area contributed by atoms with Crippen LogP contribution in [0.25, 0.3) is 0 Å². The van der Waals surface area contributed by atoms with E-state index in [2.05, 4.69) is 19.2 Å². The second kappa shape index (κ2) is 12.5. The van der Waals surface area contributed by atoms with Crippen molar-refractivity contribution >= 4 is 5.91 Å². The van der Waals surface area contributed by atoms with Gasteiger partial charge in [-0.05, 0) is 12.8 Å². The van der Waals surface area contributed by atoms with Crippen molar-refractivity contribution in [1.29, 1.82) is 0 Å². The van der Waals surface area contributed by atoms with Gasteiger partial charge in [-0.2, -0.15) is 0 Å². The highest BCUT2D eigenvalue weighted by molar-refractivity contribution is 5.75. The third-order valence-corrected chi connectivity index (χ3v) is 2.86. The Balaban J connectivity index is 3.05.